The molecule has 1 saturated heterocycles. The average molecular weight is 242 g/mol. The Balaban J connectivity index is 2.28. The molecule has 0 spiro atoms. The van der Waals surface area contributed by atoms with Crippen molar-refractivity contribution >= 4 is 17.4 Å². The monoisotopic (exact) mass is 241 g/mol. The van der Waals surface area contributed by atoms with E-state index in [-0.39, 0.29) is 6.04 Å². The minimum atomic E-state index is 0.161. The summed E-state index contributed by atoms with van der Waals surface area (Å²) >= 11 is 5.95. The molecular weight excluding hydrogens is 226 g/mol. The number of anilines is 1. The summed E-state index contributed by atoms with van der Waals surface area (Å²) in [6, 6.07) is 2.04. The van der Waals surface area contributed by atoms with Crippen LogP contribution in [0.1, 0.15) is 18.0 Å². The van der Waals surface area contributed by atoms with E-state index in [1.165, 1.54) is 0 Å². The van der Waals surface area contributed by atoms with E-state index in [4.69, 9.17) is 22.1 Å². The zero-order valence-electron chi connectivity index (χ0n) is 9.24. The van der Waals surface area contributed by atoms with Gasteiger partial charge in [0.25, 0.3) is 0 Å². The fourth-order valence-electron chi connectivity index (χ4n) is 2.18. The van der Waals surface area contributed by atoms with Crippen LogP contribution in [0.5, 0.6) is 0 Å². The fourth-order valence-corrected chi connectivity index (χ4v) is 2.34. The molecule has 1 fully saturated rings. The van der Waals surface area contributed by atoms with Gasteiger partial charge in [-0.2, -0.15) is 0 Å². The molecule has 1 aliphatic rings. The number of rotatable bonds is 3. The number of ether oxygens (including phenoxy) is 1. The highest BCUT2D eigenvalue weighted by molar-refractivity contribution is 6.30. The molecule has 5 heteroatoms. The molecule has 3 N–H and O–H groups in total. The Hall–Kier alpha value is -0.840. The van der Waals surface area contributed by atoms with Crippen LogP contribution in [0.2, 0.25) is 5.02 Å². The summed E-state index contributed by atoms with van der Waals surface area (Å²) in [7, 11) is 1.92. The number of pyridine rings is 1. The summed E-state index contributed by atoms with van der Waals surface area (Å²) in [5.41, 5.74) is 6.85. The Morgan fingerprint density at radius 2 is 2.50 bits per heavy atom. The van der Waals surface area contributed by atoms with Crippen LogP contribution in [0.4, 0.5) is 5.82 Å². The maximum atomic E-state index is 5.95. The second-order valence-electron chi connectivity index (χ2n) is 4.02. The highest BCUT2D eigenvalue weighted by Crippen LogP contribution is 2.32. The molecule has 4 nitrogen and oxygen atoms in total. The SMILES string of the molecule is CNC(c1cc(Cl)cnc1N)C1CCOC1. The van der Waals surface area contributed by atoms with E-state index < -0.39 is 0 Å². The number of hydrogen-bond acceptors (Lipinski definition) is 4. The lowest BCUT2D eigenvalue weighted by molar-refractivity contribution is 0.178. The van der Waals surface area contributed by atoms with Gasteiger partial charge in [0.15, 0.2) is 0 Å². The van der Waals surface area contributed by atoms with Crippen molar-refractivity contribution in [1.82, 2.24) is 10.3 Å². The lowest BCUT2D eigenvalue weighted by Gasteiger charge is -2.23. The Labute approximate surface area is 100 Å². The molecule has 2 heterocycles. The van der Waals surface area contributed by atoms with E-state index >= 15 is 0 Å². The van der Waals surface area contributed by atoms with Gasteiger partial charge in [-0.15, -0.1) is 0 Å². The van der Waals surface area contributed by atoms with Gasteiger partial charge in [-0.1, -0.05) is 11.6 Å². The number of aromatic nitrogens is 1. The van der Waals surface area contributed by atoms with E-state index in [1.54, 1.807) is 6.20 Å². The molecule has 1 aromatic heterocycles. The van der Waals surface area contributed by atoms with E-state index in [0.717, 1.165) is 25.2 Å². The Kier molecular flexibility index (Phi) is 3.63. The molecule has 2 unspecified atom stereocenters. The van der Waals surface area contributed by atoms with Crippen LogP contribution in [0.3, 0.4) is 0 Å². The maximum Gasteiger partial charge on any atom is 0.128 e. The topological polar surface area (TPSA) is 60.2 Å². The van der Waals surface area contributed by atoms with Crippen molar-refractivity contribution in [3.05, 3.63) is 22.8 Å². The minimum Gasteiger partial charge on any atom is -0.383 e. The van der Waals surface area contributed by atoms with Crippen LogP contribution >= 0.6 is 11.6 Å². The van der Waals surface area contributed by atoms with Gasteiger partial charge in [0, 0.05) is 30.3 Å². The van der Waals surface area contributed by atoms with E-state index in [0.29, 0.717) is 16.8 Å². The molecule has 0 bridgehead atoms. The molecule has 1 aromatic rings. The molecule has 0 aromatic carbocycles. The predicted molar refractivity (Wildman–Crippen MR) is 64.4 cm³/mol. The summed E-state index contributed by atoms with van der Waals surface area (Å²) in [6.07, 6.45) is 2.61. The van der Waals surface area contributed by atoms with Gasteiger partial charge in [0.1, 0.15) is 5.82 Å². The van der Waals surface area contributed by atoms with Crippen molar-refractivity contribution < 1.29 is 4.74 Å². The summed E-state index contributed by atoms with van der Waals surface area (Å²) in [5.74, 6) is 0.975. The maximum absolute atomic E-state index is 5.95. The van der Waals surface area contributed by atoms with Crippen LogP contribution in [-0.2, 0) is 4.74 Å². The molecular formula is C11H16ClN3O. The van der Waals surface area contributed by atoms with Crippen molar-refractivity contribution in [3.8, 4) is 0 Å². The molecule has 0 saturated carbocycles. The zero-order chi connectivity index (χ0) is 11.5. The molecule has 2 rings (SSSR count). The Bertz CT molecular complexity index is 366. The van der Waals surface area contributed by atoms with E-state index in [9.17, 15) is 0 Å². The lowest BCUT2D eigenvalue weighted by atomic mass is 9.93. The van der Waals surface area contributed by atoms with Crippen molar-refractivity contribution in [2.24, 2.45) is 5.92 Å². The highest BCUT2D eigenvalue weighted by Gasteiger charge is 2.27. The predicted octanol–water partition coefficient (Wildman–Crippen LogP) is 1.61. The number of halogens is 1. The first-order valence-corrected chi connectivity index (χ1v) is 5.76. The van der Waals surface area contributed by atoms with E-state index in [2.05, 4.69) is 10.3 Å². The third kappa shape index (κ3) is 2.29. The Morgan fingerprint density at radius 3 is 3.12 bits per heavy atom. The highest BCUT2D eigenvalue weighted by atomic mass is 35.5. The second kappa shape index (κ2) is 4.99. The molecule has 2 atom stereocenters. The summed E-state index contributed by atoms with van der Waals surface area (Å²) in [6.45, 7) is 1.58. The third-order valence-corrected chi connectivity index (χ3v) is 3.21. The largest absolute Gasteiger partial charge is 0.383 e. The van der Waals surface area contributed by atoms with E-state index in [1.807, 2.05) is 13.1 Å². The van der Waals surface area contributed by atoms with Crippen molar-refractivity contribution in [3.63, 3.8) is 0 Å². The number of nitrogens with one attached hydrogen (secondary N) is 1. The van der Waals surface area contributed by atoms with Gasteiger partial charge in [-0.05, 0) is 19.5 Å². The minimum absolute atomic E-state index is 0.161. The van der Waals surface area contributed by atoms with Crippen LogP contribution in [0.25, 0.3) is 0 Å². The number of hydrogen-bond donors (Lipinski definition) is 2. The Morgan fingerprint density at radius 1 is 1.69 bits per heavy atom. The average Bonchev–Trinajstić information content (AvgIpc) is 2.78. The van der Waals surface area contributed by atoms with Gasteiger partial charge in [-0.25, -0.2) is 4.98 Å². The number of nitrogens with zero attached hydrogens (tertiary/aromatic N) is 1. The first kappa shape index (κ1) is 11.6. The van der Waals surface area contributed by atoms with Gasteiger partial charge in [0.2, 0.25) is 0 Å². The zero-order valence-corrected chi connectivity index (χ0v) is 10.00. The second-order valence-corrected chi connectivity index (χ2v) is 4.45. The lowest BCUT2D eigenvalue weighted by Crippen LogP contribution is -2.26. The molecule has 0 amide bonds. The quantitative estimate of drug-likeness (QED) is 0.844. The fraction of sp³-hybridized carbons (Fsp3) is 0.545. The first-order chi connectivity index (χ1) is 7.72. The van der Waals surface area contributed by atoms with Crippen molar-refractivity contribution in [2.45, 2.75) is 12.5 Å². The van der Waals surface area contributed by atoms with Gasteiger partial charge < -0.3 is 15.8 Å². The third-order valence-electron chi connectivity index (χ3n) is 3.00. The molecule has 16 heavy (non-hydrogen) atoms. The molecule has 0 aliphatic carbocycles. The molecule has 1 aliphatic heterocycles. The number of nitrogens with two attached hydrogens (primary N) is 1. The van der Waals surface area contributed by atoms with Crippen LogP contribution in [-0.4, -0.2) is 25.2 Å². The van der Waals surface area contributed by atoms with Crippen LogP contribution in [0.15, 0.2) is 12.3 Å². The number of nitrogen functional groups attached to an aromatic ring is 1. The van der Waals surface area contributed by atoms with Gasteiger partial charge in [0.05, 0.1) is 11.6 Å². The summed E-state index contributed by atoms with van der Waals surface area (Å²) in [4.78, 5) is 4.08. The normalized spacial score (nSPS) is 22.2. The first-order valence-electron chi connectivity index (χ1n) is 5.38. The summed E-state index contributed by atoms with van der Waals surface area (Å²) in [5, 5.41) is 3.88. The van der Waals surface area contributed by atoms with Gasteiger partial charge >= 0.3 is 0 Å². The smallest absolute Gasteiger partial charge is 0.128 e. The van der Waals surface area contributed by atoms with Crippen LogP contribution < -0.4 is 11.1 Å². The molecule has 88 valence electrons. The van der Waals surface area contributed by atoms with Gasteiger partial charge in [-0.3, -0.25) is 0 Å². The standard InChI is InChI=1S/C11H16ClN3O/c1-14-10(7-2-3-16-6-7)9-4-8(12)5-15-11(9)13/h4-5,7,10,14H,2-3,6H2,1H3,(H2,13,15). The van der Waals surface area contributed by atoms with Crippen molar-refractivity contribution in [2.75, 3.05) is 26.0 Å². The van der Waals surface area contributed by atoms with Crippen LogP contribution in [0, 0.1) is 5.92 Å². The molecule has 0 radical (unpaired) electrons. The van der Waals surface area contributed by atoms with Crippen molar-refractivity contribution in [1.29, 1.82) is 0 Å². The summed E-state index contributed by atoms with van der Waals surface area (Å²) < 4.78 is 5.40.